The Morgan fingerprint density at radius 1 is 0.943 bits per heavy atom. The van der Waals surface area contributed by atoms with Crippen LogP contribution in [0.25, 0.3) is 0 Å². The molecule has 0 aromatic heterocycles. The number of rotatable bonds is 7. The second kappa shape index (κ2) is 12.5. The Kier molecular flexibility index (Phi) is 9.73. The molecule has 0 radical (unpaired) electrons. The predicted molar refractivity (Wildman–Crippen MR) is 130 cm³/mol. The van der Waals surface area contributed by atoms with Crippen molar-refractivity contribution in [2.45, 2.75) is 25.0 Å². The number of methoxy groups -OCH3 is 2. The van der Waals surface area contributed by atoms with Gasteiger partial charge in [-0.25, -0.2) is 9.59 Å². The summed E-state index contributed by atoms with van der Waals surface area (Å²) in [6, 6.07) is 22.3. The molecular weight excluding hydrogens is 477 g/mol. The number of hydrogen-bond acceptors (Lipinski definition) is 6. The molecule has 0 aliphatic carbocycles. The van der Waals surface area contributed by atoms with Crippen molar-refractivity contribution in [2.75, 3.05) is 14.2 Å². The van der Waals surface area contributed by atoms with E-state index in [-0.39, 0.29) is 58.0 Å². The fourth-order valence-electron chi connectivity index (χ4n) is 4.00. The summed E-state index contributed by atoms with van der Waals surface area (Å²) in [4.78, 5) is 27.0. The van der Waals surface area contributed by atoms with Crippen molar-refractivity contribution in [3.8, 4) is 11.5 Å². The molecule has 0 saturated carbocycles. The van der Waals surface area contributed by atoms with E-state index in [1.165, 1.54) is 19.1 Å². The van der Waals surface area contributed by atoms with Crippen molar-refractivity contribution in [3.63, 3.8) is 0 Å². The number of ether oxygens (including phenoxy) is 4. The molecule has 3 aromatic rings. The van der Waals surface area contributed by atoms with E-state index >= 15 is 0 Å². The van der Waals surface area contributed by atoms with Gasteiger partial charge in [0.05, 0.1) is 14.2 Å². The van der Waals surface area contributed by atoms with E-state index in [1.54, 1.807) is 42.5 Å². The van der Waals surface area contributed by atoms with Gasteiger partial charge in [0.2, 0.25) is 0 Å². The average molecular weight is 504 g/mol. The van der Waals surface area contributed by atoms with Crippen molar-refractivity contribution in [2.24, 2.45) is 0 Å². The molecule has 3 aromatic carbocycles. The maximum absolute atomic E-state index is 13.4. The number of carbonyl (C=O) groups excluding carboxylic acids is 1. The van der Waals surface area contributed by atoms with Crippen LogP contribution in [0.2, 0.25) is 0 Å². The van der Waals surface area contributed by atoms with Gasteiger partial charge in [-0.2, -0.15) is 0 Å². The Labute approximate surface area is 246 Å². The quantitative estimate of drug-likeness (QED) is 0.489. The molecule has 3 atom stereocenters. The summed E-state index contributed by atoms with van der Waals surface area (Å²) in [6.45, 7) is 0.0297. The zero-order valence-electron chi connectivity index (χ0n) is 18.8. The van der Waals surface area contributed by atoms with Crippen LogP contribution in [0.3, 0.4) is 0 Å². The van der Waals surface area contributed by atoms with Gasteiger partial charge in [0.25, 0.3) is 0 Å². The first-order chi connectivity index (χ1) is 16.5. The van der Waals surface area contributed by atoms with Gasteiger partial charge in [-0.15, -0.1) is 0 Å². The summed E-state index contributed by atoms with van der Waals surface area (Å²) in [6.07, 6.45) is -3.08. The molecule has 1 heterocycles. The molecule has 178 valence electrons. The molecule has 1 fully saturated rings. The number of nitrogens with zero attached hydrogens (tertiary/aromatic N) is 1. The van der Waals surface area contributed by atoms with Crippen LogP contribution >= 0.6 is 0 Å². The first-order valence-corrected chi connectivity index (χ1v) is 10.7. The van der Waals surface area contributed by atoms with Gasteiger partial charge >= 0.3 is 63.4 Å². The molecule has 1 aliphatic rings. The third-order valence-corrected chi connectivity index (χ3v) is 5.62. The summed E-state index contributed by atoms with van der Waals surface area (Å²) in [5.41, 5.74) is 1.90. The zero-order valence-corrected chi connectivity index (χ0v) is 18.8. The van der Waals surface area contributed by atoms with Gasteiger partial charge in [-0.3, -0.25) is 4.90 Å². The molecule has 35 heavy (non-hydrogen) atoms. The average Bonchev–Trinajstić information content (AvgIpc) is 3.29. The maximum atomic E-state index is 13.4. The number of carbonyl (C=O) groups is 2. The monoisotopic (exact) mass is 503 g/mol. The number of aliphatic carboxylic acids is 1. The predicted octanol–water partition coefficient (Wildman–Crippen LogP) is 3.92. The summed E-state index contributed by atoms with van der Waals surface area (Å²) in [5.74, 6) is -0.251. The van der Waals surface area contributed by atoms with Crippen LogP contribution < -0.4 is 9.47 Å². The molecule has 4 rings (SSSR count). The van der Waals surface area contributed by atoms with Gasteiger partial charge < -0.3 is 24.1 Å². The minimum atomic E-state index is -1.32. The van der Waals surface area contributed by atoms with Gasteiger partial charge in [0.1, 0.15) is 24.1 Å². The number of benzene rings is 3. The molecule has 1 amide bonds. The van der Waals surface area contributed by atoms with Crippen molar-refractivity contribution >= 4 is 63.4 Å². The Bertz CT molecular complexity index is 1140. The fourth-order valence-corrected chi connectivity index (χ4v) is 4.00. The van der Waals surface area contributed by atoms with E-state index in [0.29, 0.717) is 22.6 Å². The summed E-state index contributed by atoms with van der Waals surface area (Å²) in [7, 11) is 3.01. The molecule has 8 nitrogen and oxygen atoms in total. The molecular formula is C26H26KNO7. The van der Waals surface area contributed by atoms with E-state index in [1.807, 2.05) is 36.4 Å². The second-order valence-corrected chi connectivity index (χ2v) is 7.66. The molecule has 1 aliphatic heterocycles. The van der Waals surface area contributed by atoms with E-state index in [9.17, 15) is 14.7 Å². The SMILES string of the molecule is COc1ccc(C2O[C@@H](C(=O)O)[C@H](c3ccccc3)N2C(=O)OCc2ccccc2)c(OC)c1.[KH]. The van der Waals surface area contributed by atoms with Crippen LogP contribution in [0.5, 0.6) is 11.5 Å². The Morgan fingerprint density at radius 2 is 1.60 bits per heavy atom. The number of carboxylic acid groups (broad SMARTS) is 1. The van der Waals surface area contributed by atoms with Crippen LogP contribution in [0, 0.1) is 0 Å². The third kappa shape index (κ3) is 6.06. The number of hydrogen-bond donors (Lipinski definition) is 1. The summed E-state index contributed by atoms with van der Waals surface area (Å²) < 4.78 is 22.4. The fraction of sp³-hybridized carbons (Fsp3) is 0.231. The van der Waals surface area contributed by atoms with E-state index < -0.39 is 30.4 Å². The summed E-state index contributed by atoms with van der Waals surface area (Å²) in [5, 5.41) is 9.97. The molecule has 1 saturated heterocycles. The van der Waals surface area contributed by atoms with Gasteiger partial charge in [-0.05, 0) is 23.3 Å². The van der Waals surface area contributed by atoms with E-state index in [0.717, 1.165) is 5.56 Å². The van der Waals surface area contributed by atoms with Crippen LogP contribution in [0.1, 0.15) is 29.0 Å². The topological polar surface area (TPSA) is 94.5 Å². The Morgan fingerprint density at radius 3 is 2.20 bits per heavy atom. The van der Waals surface area contributed by atoms with Crippen molar-refractivity contribution < 1.29 is 33.6 Å². The van der Waals surface area contributed by atoms with Gasteiger partial charge in [-0.1, -0.05) is 60.7 Å². The number of amides is 1. The van der Waals surface area contributed by atoms with Crippen LogP contribution in [-0.4, -0.2) is 93.8 Å². The molecule has 9 heteroatoms. The molecule has 1 N–H and O–H groups in total. The van der Waals surface area contributed by atoms with E-state index in [4.69, 9.17) is 18.9 Å². The van der Waals surface area contributed by atoms with Crippen LogP contribution in [-0.2, 0) is 20.9 Å². The first-order valence-electron chi connectivity index (χ1n) is 10.7. The van der Waals surface area contributed by atoms with Gasteiger partial charge in [0, 0.05) is 11.6 Å². The van der Waals surface area contributed by atoms with Crippen LogP contribution in [0.15, 0.2) is 78.9 Å². The van der Waals surface area contributed by atoms with Crippen molar-refractivity contribution in [1.29, 1.82) is 0 Å². The van der Waals surface area contributed by atoms with E-state index in [2.05, 4.69) is 0 Å². The summed E-state index contributed by atoms with van der Waals surface area (Å²) >= 11 is 0. The standard InChI is InChI=1S/C26H25NO7.K.H/c1-31-19-13-14-20(21(15-19)32-2)24-27(26(30)33-16-17-9-5-3-6-10-17)22(23(34-24)25(28)29)18-11-7-4-8-12-18;;/h3-15,22-24H,16H2,1-2H3,(H,28,29);;/t22-,23+,24?;;/m0../s1. The Balaban J connectivity index is 0.00000342. The minimum absolute atomic E-state index is 0. The second-order valence-electron chi connectivity index (χ2n) is 7.66. The normalized spacial score (nSPS) is 18.9. The van der Waals surface area contributed by atoms with Crippen LogP contribution in [0.4, 0.5) is 4.79 Å². The molecule has 0 bridgehead atoms. The zero-order chi connectivity index (χ0) is 24.1. The molecule has 0 spiro atoms. The van der Waals surface area contributed by atoms with Crippen molar-refractivity contribution in [3.05, 3.63) is 95.6 Å². The third-order valence-electron chi connectivity index (χ3n) is 5.62. The molecule has 1 unspecified atom stereocenters. The van der Waals surface area contributed by atoms with Crippen molar-refractivity contribution in [1.82, 2.24) is 4.90 Å². The Hall–Kier alpha value is -2.40. The number of carboxylic acids is 1. The van der Waals surface area contributed by atoms with Gasteiger partial charge in [0.15, 0.2) is 12.3 Å². The first kappa shape index (κ1) is 27.2.